The molecular weight excluding hydrogens is 264 g/mol. The van der Waals surface area contributed by atoms with Gasteiger partial charge >= 0.3 is 5.69 Å². The van der Waals surface area contributed by atoms with E-state index in [4.69, 9.17) is 0 Å². The standard InChI is InChI=1S/C13H16N2O5/c1-14(7-8-4-10(16)5-8)13(18)9-2-3-12(17)11(6-9)15(19)20/h2-3,6,8,10,16-17H,4-5,7H2,1H3. The van der Waals surface area contributed by atoms with Gasteiger partial charge in [-0.3, -0.25) is 14.9 Å². The van der Waals surface area contributed by atoms with Crippen molar-refractivity contribution < 1.29 is 19.9 Å². The van der Waals surface area contributed by atoms with Crippen LogP contribution in [0.4, 0.5) is 5.69 Å². The van der Waals surface area contributed by atoms with Crippen LogP contribution in [0.2, 0.25) is 0 Å². The van der Waals surface area contributed by atoms with Crippen molar-refractivity contribution in [2.24, 2.45) is 5.92 Å². The number of hydrogen-bond donors (Lipinski definition) is 2. The minimum Gasteiger partial charge on any atom is -0.502 e. The van der Waals surface area contributed by atoms with Crippen LogP contribution in [0.25, 0.3) is 0 Å². The molecule has 1 aromatic rings. The number of aliphatic hydroxyl groups excluding tert-OH is 1. The first-order valence-electron chi connectivity index (χ1n) is 6.29. The minimum atomic E-state index is -0.728. The molecule has 1 amide bonds. The summed E-state index contributed by atoms with van der Waals surface area (Å²) in [6.07, 6.45) is 1.07. The van der Waals surface area contributed by atoms with Gasteiger partial charge in [-0.15, -0.1) is 0 Å². The average molecular weight is 280 g/mol. The predicted octanol–water partition coefficient (Wildman–Crippen LogP) is 1.14. The molecule has 1 fully saturated rings. The number of benzene rings is 1. The number of aromatic hydroxyl groups is 1. The van der Waals surface area contributed by atoms with Gasteiger partial charge in [0.25, 0.3) is 5.91 Å². The molecule has 1 aliphatic rings. The second-order valence-corrected chi connectivity index (χ2v) is 5.14. The number of nitrogens with zero attached hydrogens (tertiary/aromatic N) is 2. The second kappa shape index (κ2) is 5.46. The number of carbonyl (C=O) groups is 1. The fraction of sp³-hybridized carbons (Fsp3) is 0.462. The Bertz CT molecular complexity index is 540. The molecule has 0 spiro atoms. The fourth-order valence-corrected chi connectivity index (χ4v) is 2.34. The molecule has 108 valence electrons. The van der Waals surface area contributed by atoms with Crippen LogP contribution in [-0.4, -0.2) is 45.6 Å². The van der Waals surface area contributed by atoms with Crippen LogP contribution < -0.4 is 0 Å². The summed E-state index contributed by atoms with van der Waals surface area (Å²) in [6.45, 7) is 0.505. The summed E-state index contributed by atoms with van der Waals surface area (Å²) >= 11 is 0. The molecular formula is C13H16N2O5. The van der Waals surface area contributed by atoms with E-state index in [1.54, 1.807) is 7.05 Å². The van der Waals surface area contributed by atoms with Crippen LogP contribution in [-0.2, 0) is 0 Å². The molecule has 0 heterocycles. The van der Waals surface area contributed by atoms with Crippen LogP contribution in [0.3, 0.4) is 0 Å². The van der Waals surface area contributed by atoms with Crippen LogP contribution in [0.1, 0.15) is 23.2 Å². The number of rotatable bonds is 4. The van der Waals surface area contributed by atoms with E-state index in [1.807, 2.05) is 0 Å². The van der Waals surface area contributed by atoms with Gasteiger partial charge in [0.05, 0.1) is 11.0 Å². The monoisotopic (exact) mass is 280 g/mol. The molecule has 0 unspecified atom stereocenters. The Morgan fingerprint density at radius 2 is 2.15 bits per heavy atom. The Kier molecular flexibility index (Phi) is 3.89. The number of phenols is 1. The molecule has 0 aliphatic heterocycles. The highest BCUT2D eigenvalue weighted by molar-refractivity contribution is 5.95. The largest absolute Gasteiger partial charge is 0.502 e. The van der Waals surface area contributed by atoms with Crippen LogP contribution in [0.5, 0.6) is 5.75 Å². The van der Waals surface area contributed by atoms with Crippen molar-refractivity contribution in [2.75, 3.05) is 13.6 Å². The van der Waals surface area contributed by atoms with E-state index in [2.05, 4.69) is 0 Å². The van der Waals surface area contributed by atoms with E-state index in [-0.39, 0.29) is 23.5 Å². The molecule has 0 saturated heterocycles. The van der Waals surface area contributed by atoms with Gasteiger partial charge in [-0.05, 0) is 30.9 Å². The minimum absolute atomic E-state index is 0.164. The molecule has 20 heavy (non-hydrogen) atoms. The zero-order valence-electron chi connectivity index (χ0n) is 11.0. The summed E-state index contributed by atoms with van der Waals surface area (Å²) in [5, 5.41) is 29.3. The molecule has 2 N–H and O–H groups in total. The van der Waals surface area contributed by atoms with E-state index in [0.29, 0.717) is 19.4 Å². The summed E-state index contributed by atoms with van der Waals surface area (Å²) in [6, 6.07) is 3.58. The maximum atomic E-state index is 12.1. The summed E-state index contributed by atoms with van der Waals surface area (Å²) in [7, 11) is 1.62. The molecule has 1 saturated carbocycles. The highest BCUT2D eigenvalue weighted by atomic mass is 16.6. The topological polar surface area (TPSA) is 104 Å². The first-order valence-corrected chi connectivity index (χ1v) is 6.29. The van der Waals surface area contributed by atoms with Crippen molar-refractivity contribution in [3.8, 4) is 5.75 Å². The summed E-state index contributed by atoms with van der Waals surface area (Å²) in [5.74, 6) is -0.531. The molecule has 0 atom stereocenters. The number of phenolic OH excluding ortho intramolecular Hbond substituents is 1. The van der Waals surface area contributed by atoms with Crippen molar-refractivity contribution >= 4 is 11.6 Å². The Balaban J connectivity index is 2.08. The molecule has 7 heteroatoms. The number of carbonyl (C=O) groups excluding carboxylic acids is 1. The van der Waals surface area contributed by atoms with E-state index >= 15 is 0 Å². The lowest BCUT2D eigenvalue weighted by molar-refractivity contribution is -0.385. The van der Waals surface area contributed by atoms with E-state index in [9.17, 15) is 25.1 Å². The molecule has 1 aliphatic carbocycles. The zero-order chi connectivity index (χ0) is 14.9. The lowest BCUT2D eigenvalue weighted by Crippen LogP contribution is -2.39. The molecule has 2 rings (SSSR count). The normalized spacial score (nSPS) is 21.1. The SMILES string of the molecule is CN(CC1CC(O)C1)C(=O)c1ccc(O)c([N+](=O)[O-])c1. The maximum absolute atomic E-state index is 12.1. The second-order valence-electron chi connectivity index (χ2n) is 5.14. The van der Waals surface area contributed by atoms with Gasteiger partial charge in [0.1, 0.15) is 0 Å². The third kappa shape index (κ3) is 2.88. The Hall–Kier alpha value is -2.15. The molecule has 0 bridgehead atoms. The number of nitro benzene ring substituents is 1. The highest BCUT2D eigenvalue weighted by Gasteiger charge is 2.29. The lowest BCUT2D eigenvalue weighted by Gasteiger charge is -2.34. The lowest BCUT2D eigenvalue weighted by atomic mass is 9.82. The van der Waals surface area contributed by atoms with Gasteiger partial charge in [-0.2, -0.15) is 0 Å². The van der Waals surface area contributed by atoms with Crippen LogP contribution >= 0.6 is 0 Å². The van der Waals surface area contributed by atoms with E-state index < -0.39 is 16.4 Å². The van der Waals surface area contributed by atoms with Crippen LogP contribution in [0.15, 0.2) is 18.2 Å². The predicted molar refractivity (Wildman–Crippen MR) is 70.5 cm³/mol. The van der Waals surface area contributed by atoms with Crippen molar-refractivity contribution in [3.63, 3.8) is 0 Å². The summed E-state index contributed by atoms with van der Waals surface area (Å²) in [4.78, 5) is 23.6. The Labute approximate surface area is 115 Å². The van der Waals surface area contributed by atoms with Gasteiger partial charge in [0.15, 0.2) is 5.75 Å². The number of aliphatic hydroxyl groups is 1. The van der Waals surface area contributed by atoms with Gasteiger partial charge < -0.3 is 15.1 Å². The van der Waals surface area contributed by atoms with Gasteiger partial charge in [-0.1, -0.05) is 0 Å². The number of amides is 1. The first kappa shape index (κ1) is 14.3. The van der Waals surface area contributed by atoms with E-state index in [0.717, 1.165) is 12.1 Å². The number of hydrogen-bond acceptors (Lipinski definition) is 5. The summed E-state index contributed by atoms with van der Waals surface area (Å²) < 4.78 is 0. The third-order valence-corrected chi connectivity index (χ3v) is 3.51. The summed E-state index contributed by atoms with van der Waals surface area (Å²) in [5.41, 5.74) is -0.319. The van der Waals surface area contributed by atoms with Gasteiger partial charge in [-0.25, -0.2) is 0 Å². The Morgan fingerprint density at radius 3 is 2.70 bits per heavy atom. The van der Waals surface area contributed by atoms with Gasteiger partial charge in [0.2, 0.25) is 0 Å². The fourth-order valence-electron chi connectivity index (χ4n) is 2.34. The van der Waals surface area contributed by atoms with Crippen molar-refractivity contribution in [2.45, 2.75) is 18.9 Å². The molecule has 7 nitrogen and oxygen atoms in total. The van der Waals surface area contributed by atoms with E-state index in [1.165, 1.54) is 11.0 Å². The van der Waals surface area contributed by atoms with Crippen molar-refractivity contribution in [1.29, 1.82) is 0 Å². The third-order valence-electron chi connectivity index (χ3n) is 3.51. The molecule has 0 aromatic heterocycles. The zero-order valence-corrected chi connectivity index (χ0v) is 11.0. The van der Waals surface area contributed by atoms with Gasteiger partial charge in [0, 0.05) is 25.2 Å². The maximum Gasteiger partial charge on any atom is 0.311 e. The smallest absolute Gasteiger partial charge is 0.311 e. The molecule has 0 radical (unpaired) electrons. The quantitative estimate of drug-likeness (QED) is 0.635. The number of nitro groups is 1. The first-order chi connectivity index (χ1) is 9.38. The average Bonchev–Trinajstić information content (AvgIpc) is 2.36. The Morgan fingerprint density at radius 1 is 1.50 bits per heavy atom. The molecule has 1 aromatic carbocycles. The van der Waals surface area contributed by atoms with Crippen molar-refractivity contribution in [3.05, 3.63) is 33.9 Å². The van der Waals surface area contributed by atoms with Crippen LogP contribution in [0, 0.1) is 16.0 Å². The highest BCUT2D eigenvalue weighted by Crippen LogP contribution is 2.29. The van der Waals surface area contributed by atoms with Crippen molar-refractivity contribution in [1.82, 2.24) is 4.90 Å².